The summed E-state index contributed by atoms with van der Waals surface area (Å²) in [6, 6.07) is 3.90. The van der Waals surface area contributed by atoms with Crippen LogP contribution in [0.5, 0.6) is 0 Å². The van der Waals surface area contributed by atoms with E-state index >= 15 is 0 Å². The van der Waals surface area contributed by atoms with Crippen LogP contribution < -0.4 is 5.32 Å². The van der Waals surface area contributed by atoms with Crippen LogP contribution in [0.1, 0.15) is 24.6 Å². The SMILES string of the molecule is CCCC(O)CNCc1ccc(Cl)s1. The highest BCUT2D eigenvalue weighted by atomic mass is 35.5. The first kappa shape index (κ1) is 12.0. The van der Waals surface area contributed by atoms with Crippen LogP contribution in [0, 0.1) is 0 Å². The summed E-state index contributed by atoms with van der Waals surface area (Å²) in [5.74, 6) is 0. The Morgan fingerprint density at radius 2 is 2.36 bits per heavy atom. The van der Waals surface area contributed by atoms with E-state index in [1.165, 1.54) is 4.88 Å². The zero-order valence-electron chi connectivity index (χ0n) is 8.29. The van der Waals surface area contributed by atoms with Crippen LogP contribution in [0.25, 0.3) is 0 Å². The number of hydrogen-bond acceptors (Lipinski definition) is 3. The predicted octanol–water partition coefficient (Wildman–Crippen LogP) is 2.65. The highest BCUT2D eigenvalue weighted by Gasteiger charge is 2.02. The quantitative estimate of drug-likeness (QED) is 0.792. The predicted molar refractivity (Wildman–Crippen MR) is 62.0 cm³/mol. The van der Waals surface area contributed by atoms with Crippen molar-refractivity contribution in [2.24, 2.45) is 0 Å². The van der Waals surface area contributed by atoms with E-state index in [2.05, 4.69) is 12.2 Å². The molecule has 14 heavy (non-hydrogen) atoms. The van der Waals surface area contributed by atoms with Crippen LogP contribution in [-0.2, 0) is 6.54 Å². The second kappa shape index (κ2) is 6.40. The number of rotatable bonds is 6. The van der Waals surface area contributed by atoms with E-state index in [4.69, 9.17) is 11.6 Å². The second-order valence-electron chi connectivity index (χ2n) is 3.28. The third kappa shape index (κ3) is 4.42. The van der Waals surface area contributed by atoms with Gasteiger partial charge in [0.15, 0.2) is 0 Å². The zero-order chi connectivity index (χ0) is 10.4. The molecule has 0 saturated carbocycles. The van der Waals surface area contributed by atoms with Crippen molar-refractivity contribution in [3.63, 3.8) is 0 Å². The Hall–Kier alpha value is -0.0900. The summed E-state index contributed by atoms with van der Waals surface area (Å²) < 4.78 is 0.816. The molecule has 0 aromatic carbocycles. The van der Waals surface area contributed by atoms with E-state index < -0.39 is 0 Å². The molecule has 1 aromatic rings. The minimum absolute atomic E-state index is 0.226. The molecule has 0 amide bonds. The van der Waals surface area contributed by atoms with Crippen LogP contribution in [-0.4, -0.2) is 17.8 Å². The van der Waals surface area contributed by atoms with E-state index in [9.17, 15) is 5.11 Å². The third-order valence-corrected chi connectivity index (χ3v) is 3.16. The molecule has 1 heterocycles. The number of thiophene rings is 1. The van der Waals surface area contributed by atoms with Gasteiger partial charge in [-0.05, 0) is 18.6 Å². The number of halogens is 1. The molecule has 0 saturated heterocycles. The molecule has 0 aliphatic carbocycles. The maximum absolute atomic E-state index is 9.45. The van der Waals surface area contributed by atoms with E-state index in [1.807, 2.05) is 12.1 Å². The molecular formula is C10H16ClNOS. The first-order valence-electron chi connectivity index (χ1n) is 4.85. The molecule has 0 spiro atoms. The van der Waals surface area contributed by atoms with Crippen molar-refractivity contribution in [1.82, 2.24) is 5.32 Å². The van der Waals surface area contributed by atoms with E-state index in [0.717, 1.165) is 23.7 Å². The van der Waals surface area contributed by atoms with Gasteiger partial charge in [0, 0.05) is 18.0 Å². The van der Waals surface area contributed by atoms with Crippen molar-refractivity contribution in [2.45, 2.75) is 32.4 Å². The van der Waals surface area contributed by atoms with Crippen molar-refractivity contribution < 1.29 is 5.11 Å². The van der Waals surface area contributed by atoms with Gasteiger partial charge in [0.1, 0.15) is 0 Å². The van der Waals surface area contributed by atoms with Crippen molar-refractivity contribution in [3.05, 3.63) is 21.3 Å². The molecule has 0 fully saturated rings. The molecule has 0 bridgehead atoms. The third-order valence-electron chi connectivity index (χ3n) is 1.93. The highest BCUT2D eigenvalue weighted by molar-refractivity contribution is 7.16. The van der Waals surface area contributed by atoms with Gasteiger partial charge < -0.3 is 10.4 Å². The average Bonchev–Trinajstić information content (AvgIpc) is 2.52. The fourth-order valence-corrected chi connectivity index (χ4v) is 2.30. The standard InChI is InChI=1S/C10H16ClNOS/c1-2-3-8(13)6-12-7-9-4-5-10(11)14-9/h4-5,8,12-13H,2-3,6-7H2,1H3. The van der Waals surface area contributed by atoms with Gasteiger partial charge >= 0.3 is 0 Å². The first-order chi connectivity index (χ1) is 6.72. The first-order valence-corrected chi connectivity index (χ1v) is 6.04. The smallest absolute Gasteiger partial charge is 0.0931 e. The van der Waals surface area contributed by atoms with Crippen molar-refractivity contribution in [2.75, 3.05) is 6.54 Å². The van der Waals surface area contributed by atoms with Crippen LogP contribution in [0.15, 0.2) is 12.1 Å². The Balaban J connectivity index is 2.15. The van der Waals surface area contributed by atoms with Gasteiger partial charge in [-0.25, -0.2) is 0 Å². The van der Waals surface area contributed by atoms with E-state index in [1.54, 1.807) is 11.3 Å². The zero-order valence-corrected chi connectivity index (χ0v) is 9.87. The molecule has 1 unspecified atom stereocenters. The summed E-state index contributed by atoms with van der Waals surface area (Å²) in [5, 5.41) is 12.6. The van der Waals surface area contributed by atoms with Gasteiger partial charge in [-0.2, -0.15) is 0 Å². The number of aliphatic hydroxyl groups is 1. The average molecular weight is 234 g/mol. The highest BCUT2D eigenvalue weighted by Crippen LogP contribution is 2.20. The van der Waals surface area contributed by atoms with Crippen LogP contribution in [0.4, 0.5) is 0 Å². The molecule has 1 aromatic heterocycles. The summed E-state index contributed by atoms with van der Waals surface area (Å²) in [5.41, 5.74) is 0. The molecule has 0 aliphatic heterocycles. The summed E-state index contributed by atoms with van der Waals surface area (Å²) in [6.07, 6.45) is 1.65. The minimum atomic E-state index is -0.226. The number of aliphatic hydroxyl groups excluding tert-OH is 1. The monoisotopic (exact) mass is 233 g/mol. The Morgan fingerprint density at radius 1 is 1.57 bits per heavy atom. The van der Waals surface area contributed by atoms with Gasteiger partial charge in [0.25, 0.3) is 0 Å². The van der Waals surface area contributed by atoms with Crippen molar-refractivity contribution >= 4 is 22.9 Å². The van der Waals surface area contributed by atoms with Crippen LogP contribution in [0.3, 0.4) is 0 Å². The number of hydrogen-bond donors (Lipinski definition) is 2. The van der Waals surface area contributed by atoms with Crippen molar-refractivity contribution in [1.29, 1.82) is 0 Å². The summed E-state index contributed by atoms with van der Waals surface area (Å²) in [4.78, 5) is 1.21. The normalized spacial score (nSPS) is 13.1. The molecule has 1 rings (SSSR count). The maximum atomic E-state index is 9.45. The fraction of sp³-hybridized carbons (Fsp3) is 0.600. The largest absolute Gasteiger partial charge is 0.392 e. The lowest BCUT2D eigenvalue weighted by Gasteiger charge is -2.09. The van der Waals surface area contributed by atoms with Gasteiger partial charge in [0.05, 0.1) is 10.4 Å². The molecular weight excluding hydrogens is 218 g/mol. The molecule has 0 aliphatic rings. The molecule has 2 nitrogen and oxygen atoms in total. The van der Waals surface area contributed by atoms with Crippen LogP contribution in [0.2, 0.25) is 4.34 Å². The minimum Gasteiger partial charge on any atom is -0.392 e. The van der Waals surface area contributed by atoms with Gasteiger partial charge in [-0.3, -0.25) is 0 Å². The lowest BCUT2D eigenvalue weighted by atomic mass is 10.2. The second-order valence-corrected chi connectivity index (χ2v) is 5.08. The van der Waals surface area contributed by atoms with Crippen LogP contribution >= 0.6 is 22.9 Å². The summed E-state index contributed by atoms with van der Waals surface area (Å²) >= 11 is 7.37. The fourth-order valence-electron chi connectivity index (χ4n) is 1.24. The van der Waals surface area contributed by atoms with Gasteiger partial charge in [-0.1, -0.05) is 24.9 Å². The number of nitrogens with one attached hydrogen (secondary N) is 1. The van der Waals surface area contributed by atoms with E-state index in [0.29, 0.717) is 6.54 Å². The van der Waals surface area contributed by atoms with E-state index in [-0.39, 0.29) is 6.10 Å². The van der Waals surface area contributed by atoms with Crippen molar-refractivity contribution in [3.8, 4) is 0 Å². The summed E-state index contributed by atoms with van der Waals surface area (Å²) in [6.45, 7) is 3.52. The lowest BCUT2D eigenvalue weighted by molar-refractivity contribution is 0.160. The topological polar surface area (TPSA) is 32.3 Å². The lowest BCUT2D eigenvalue weighted by Crippen LogP contribution is -2.25. The maximum Gasteiger partial charge on any atom is 0.0931 e. The Morgan fingerprint density at radius 3 is 2.93 bits per heavy atom. The molecule has 80 valence electrons. The molecule has 1 atom stereocenters. The molecule has 2 N–H and O–H groups in total. The molecule has 4 heteroatoms. The molecule has 0 radical (unpaired) electrons. The van der Waals surface area contributed by atoms with Gasteiger partial charge in [-0.15, -0.1) is 11.3 Å². The van der Waals surface area contributed by atoms with Gasteiger partial charge in [0.2, 0.25) is 0 Å². The summed E-state index contributed by atoms with van der Waals surface area (Å²) in [7, 11) is 0. The Kier molecular flexibility index (Phi) is 5.48. The Bertz CT molecular complexity index is 264. The Labute approximate surface area is 93.9 Å².